The third-order valence-corrected chi connectivity index (χ3v) is 1.78. The fourth-order valence-electron chi connectivity index (χ4n) is 1.02. The Bertz CT molecular complexity index is 369. The van der Waals surface area contributed by atoms with Gasteiger partial charge < -0.3 is 4.74 Å². The van der Waals surface area contributed by atoms with Gasteiger partial charge in [-0.15, -0.1) is 0 Å². The zero-order valence-corrected chi connectivity index (χ0v) is 10.0. The Labute approximate surface area is 95.5 Å². The first kappa shape index (κ1) is 12.5. The number of rotatable bonds is 3. The maximum atomic E-state index is 11.7. The normalized spacial score (nSPS) is 11.0. The molecule has 1 aromatic rings. The van der Waals surface area contributed by atoms with Crippen LogP contribution in [0.5, 0.6) is 5.75 Å². The average Bonchev–Trinajstić information content (AvgIpc) is 2.25. The Hall–Kier alpha value is -1.55. The molecule has 1 N–H and O–H groups in total. The Balaban J connectivity index is 2.66. The highest BCUT2D eigenvalue weighted by atomic mass is 16.7. The maximum Gasteiger partial charge on any atom is 0.274 e. The Morgan fingerprint density at radius 3 is 2.56 bits per heavy atom. The molecule has 0 aromatic heterocycles. The molecule has 0 aliphatic heterocycles. The first-order valence-corrected chi connectivity index (χ1v) is 5.05. The second kappa shape index (κ2) is 4.99. The monoisotopic (exact) mass is 223 g/mol. The lowest BCUT2D eigenvalue weighted by Crippen LogP contribution is -2.33. The third kappa shape index (κ3) is 3.90. The fraction of sp³-hybridized carbons (Fsp3) is 0.417. The van der Waals surface area contributed by atoms with Gasteiger partial charge in [-0.25, -0.2) is 5.48 Å². The molecule has 1 rings (SSSR count). The van der Waals surface area contributed by atoms with Crippen molar-refractivity contribution in [3.63, 3.8) is 0 Å². The minimum Gasteiger partial charge on any atom is -0.497 e. The second-order valence-electron chi connectivity index (χ2n) is 4.38. The number of carbonyl (C=O) groups is 1. The van der Waals surface area contributed by atoms with Crippen molar-refractivity contribution in [1.82, 2.24) is 5.48 Å². The predicted molar refractivity (Wildman–Crippen MR) is 61.3 cm³/mol. The largest absolute Gasteiger partial charge is 0.497 e. The van der Waals surface area contributed by atoms with Crippen molar-refractivity contribution in [2.45, 2.75) is 26.4 Å². The SMILES string of the molecule is COc1cccc(C(=O)NOC(C)(C)C)c1. The molecular weight excluding hydrogens is 206 g/mol. The van der Waals surface area contributed by atoms with E-state index in [2.05, 4.69) is 5.48 Å². The Morgan fingerprint density at radius 2 is 2.00 bits per heavy atom. The van der Waals surface area contributed by atoms with E-state index in [1.165, 1.54) is 0 Å². The van der Waals surface area contributed by atoms with E-state index in [9.17, 15) is 4.79 Å². The molecule has 0 saturated carbocycles. The van der Waals surface area contributed by atoms with E-state index in [4.69, 9.17) is 9.57 Å². The summed E-state index contributed by atoms with van der Waals surface area (Å²) in [6, 6.07) is 6.89. The van der Waals surface area contributed by atoms with Gasteiger partial charge in [0.1, 0.15) is 5.75 Å². The minimum absolute atomic E-state index is 0.283. The topological polar surface area (TPSA) is 47.6 Å². The van der Waals surface area contributed by atoms with Gasteiger partial charge in [-0.1, -0.05) is 6.07 Å². The molecule has 0 aliphatic rings. The minimum atomic E-state index is -0.408. The number of hydrogen-bond donors (Lipinski definition) is 1. The van der Waals surface area contributed by atoms with Gasteiger partial charge >= 0.3 is 0 Å². The van der Waals surface area contributed by atoms with Gasteiger partial charge in [-0.3, -0.25) is 9.63 Å². The number of amides is 1. The van der Waals surface area contributed by atoms with E-state index in [0.717, 1.165) is 0 Å². The van der Waals surface area contributed by atoms with Crippen LogP contribution < -0.4 is 10.2 Å². The molecule has 0 radical (unpaired) electrons. The van der Waals surface area contributed by atoms with Crippen LogP contribution in [0.2, 0.25) is 0 Å². The number of benzene rings is 1. The molecule has 4 heteroatoms. The zero-order chi connectivity index (χ0) is 12.2. The van der Waals surface area contributed by atoms with Gasteiger partial charge in [0.25, 0.3) is 5.91 Å². The molecule has 0 spiro atoms. The number of ether oxygens (including phenoxy) is 1. The quantitative estimate of drug-likeness (QED) is 0.799. The smallest absolute Gasteiger partial charge is 0.274 e. The number of nitrogens with one attached hydrogen (secondary N) is 1. The molecule has 0 atom stereocenters. The first-order valence-electron chi connectivity index (χ1n) is 5.05. The Morgan fingerprint density at radius 1 is 1.31 bits per heavy atom. The predicted octanol–water partition coefficient (Wildman–Crippen LogP) is 2.16. The summed E-state index contributed by atoms with van der Waals surface area (Å²) in [5.74, 6) is 0.359. The van der Waals surface area contributed by atoms with E-state index in [-0.39, 0.29) is 5.91 Å². The summed E-state index contributed by atoms with van der Waals surface area (Å²) in [5, 5.41) is 0. The van der Waals surface area contributed by atoms with Crippen molar-refractivity contribution >= 4 is 5.91 Å². The molecule has 4 nitrogen and oxygen atoms in total. The van der Waals surface area contributed by atoms with E-state index in [1.807, 2.05) is 20.8 Å². The van der Waals surface area contributed by atoms with Gasteiger partial charge in [0.2, 0.25) is 0 Å². The number of methoxy groups -OCH3 is 1. The lowest BCUT2D eigenvalue weighted by molar-refractivity contribution is -0.0589. The highest BCUT2D eigenvalue weighted by Crippen LogP contribution is 2.12. The molecule has 16 heavy (non-hydrogen) atoms. The van der Waals surface area contributed by atoms with Crippen LogP contribution in [-0.4, -0.2) is 18.6 Å². The van der Waals surface area contributed by atoms with Gasteiger partial charge in [0, 0.05) is 5.56 Å². The van der Waals surface area contributed by atoms with E-state index < -0.39 is 5.60 Å². The number of hydrogen-bond acceptors (Lipinski definition) is 3. The molecule has 0 aliphatic carbocycles. The molecule has 0 heterocycles. The highest BCUT2D eigenvalue weighted by Gasteiger charge is 2.14. The highest BCUT2D eigenvalue weighted by molar-refractivity contribution is 5.93. The molecule has 0 saturated heterocycles. The molecule has 1 amide bonds. The molecule has 88 valence electrons. The molecule has 0 fully saturated rings. The van der Waals surface area contributed by atoms with Crippen molar-refractivity contribution in [2.24, 2.45) is 0 Å². The van der Waals surface area contributed by atoms with E-state index >= 15 is 0 Å². The molecular formula is C12H17NO3. The summed E-state index contributed by atoms with van der Waals surface area (Å²) in [6.07, 6.45) is 0. The summed E-state index contributed by atoms with van der Waals surface area (Å²) in [5.41, 5.74) is 2.49. The second-order valence-corrected chi connectivity index (χ2v) is 4.38. The van der Waals surface area contributed by atoms with Crippen LogP contribution in [0.25, 0.3) is 0 Å². The maximum absolute atomic E-state index is 11.7. The van der Waals surface area contributed by atoms with Crippen LogP contribution in [0.3, 0.4) is 0 Å². The molecule has 0 unspecified atom stereocenters. The summed E-state index contributed by atoms with van der Waals surface area (Å²) < 4.78 is 5.03. The summed E-state index contributed by atoms with van der Waals surface area (Å²) in [7, 11) is 1.56. The lowest BCUT2D eigenvalue weighted by Gasteiger charge is -2.18. The number of carbonyl (C=O) groups excluding carboxylic acids is 1. The first-order chi connectivity index (χ1) is 7.42. The summed E-state index contributed by atoms with van der Waals surface area (Å²) in [6.45, 7) is 5.58. The third-order valence-electron chi connectivity index (χ3n) is 1.78. The van der Waals surface area contributed by atoms with Crippen LogP contribution in [0.15, 0.2) is 24.3 Å². The average molecular weight is 223 g/mol. The standard InChI is InChI=1S/C12H17NO3/c1-12(2,3)16-13-11(14)9-6-5-7-10(8-9)15-4/h5-8H,1-4H3,(H,13,14). The van der Waals surface area contributed by atoms with Crippen molar-refractivity contribution in [3.8, 4) is 5.75 Å². The van der Waals surface area contributed by atoms with Crippen LogP contribution in [-0.2, 0) is 4.84 Å². The number of hydroxylamine groups is 1. The van der Waals surface area contributed by atoms with Crippen molar-refractivity contribution < 1.29 is 14.4 Å². The van der Waals surface area contributed by atoms with Gasteiger partial charge in [-0.05, 0) is 39.0 Å². The van der Waals surface area contributed by atoms with Crippen molar-refractivity contribution in [1.29, 1.82) is 0 Å². The molecule has 0 bridgehead atoms. The summed E-state index contributed by atoms with van der Waals surface area (Å²) >= 11 is 0. The van der Waals surface area contributed by atoms with Crippen LogP contribution in [0, 0.1) is 0 Å². The van der Waals surface area contributed by atoms with Crippen molar-refractivity contribution in [2.75, 3.05) is 7.11 Å². The fourth-order valence-corrected chi connectivity index (χ4v) is 1.02. The van der Waals surface area contributed by atoms with Gasteiger partial charge in [0.15, 0.2) is 0 Å². The van der Waals surface area contributed by atoms with Crippen molar-refractivity contribution in [3.05, 3.63) is 29.8 Å². The van der Waals surface area contributed by atoms with E-state index in [1.54, 1.807) is 31.4 Å². The lowest BCUT2D eigenvalue weighted by atomic mass is 10.2. The van der Waals surface area contributed by atoms with Crippen LogP contribution >= 0.6 is 0 Å². The van der Waals surface area contributed by atoms with Crippen LogP contribution in [0.4, 0.5) is 0 Å². The van der Waals surface area contributed by atoms with Crippen LogP contribution in [0.1, 0.15) is 31.1 Å². The molecule has 1 aromatic carbocycles. The summed E-state index contributed by atoms with van der Waals surface area (Å²) in [4.78, 5) is 16.8. The van der Waals surface area contributed by atoms with E-state index in [0.29, 0.717) is 11.3 Å². The van der Waals surface area contributed by atoms with Gasteiger partial charge in [-0.2, -0.15) is 0 Å². The van der Waals surface area contributed by atoms with Gasteiger partial charge in [0.05, 0.1) is 12.7 Å². The Kier molecular flexibility index (Phi) is 3.90. The zero-order valence-electron chi connectivity index (χ0n) is 10.0.